The Labute approximate surface area is 182 Å². The quantitative estimate of drug-likeness (QED) is 0.597. The first-order valence-electron chi connectivity index (χ1n) is 12.7. The van der Waals surface area contributed by atoms with Crippen molar-refractivity contribution in [2.75, 3.05) is 0 Å². The van der Waals surface area contributed by atoms with Crippen molar-refractivity contribution in [3.8, 4) is 0 Å². The predicted octanol–water partition coefficient (Wildman–Crippen LogP) is 4.97. The van der Waals surface area contributed by atoms with E-state index >= 15 is 0 Å². The number of alkyl halides is 1. The smallest absolute Gasteiger partial charge is 0.0976 e. The molecular weight excluding hydrogens is 379 g/mol. The molecule has 0 aliphatic heterocycles. The van der Waals surface area contributed by atoms with Gasteiger partial charge in [0.15, 0.2) is 0 Å². The van der Waals surface area contributed by atoms with Crippen LogP contribution in [0.5, 0.6) is 0 Å². The fourth-order valence-corrected chi connectivity index (χ4v) is 9.57. The molecule has 0 bridgehead atoms. The molecule has 4 heteroatoms. The van der Waals surface area contributed by atoms with Gasteiger partial charge in [0.25, 0.3) is 0 Å². The van der Waals surface area contributed by atoms with E-state index in [1.54, 1.807) is 6.92 Å². The molecule has 3 N–H and O–H groups in total. The zero-order valence-corrected chi connectivity index (χ0v) is 19.7. The largest absolute Gasteiger partial charge is 0.393 e. The molecule has 0 amide bonds. The van der Waals surface area contributed by atoms with E-state index in [4.69, 9.17) is 0 Å². The number of hydrogen-bond donors (Lipinski definition) is 3. The predicted molar refractivity (Wildman–Crippen MR) is 118 cm³/mol. The van der Waals surface area contributed by atoms with E-state index in [0.717, 1.165) is 44.9 Å². The van der Waals surface area contributed by atoms with Crippen LogP contribution in [-0.2, 0) is 0 Å². The Kier molecular flexibility index (Phi) is 6.12. The maximum Gasteiger partial charge on any atom is 0.0976 e. The molecule has 4 saturated carbocycles. The maximum absolute atomic E-state index is 13.8. The fraction of sp³-hybridized carbons (Fsp3) is 1.00. The molecule has 3 nitrogen and oxygen atoms in total. The molecule has 0 saturated heterocycles. The van der Waals surface area contributed by atoms with Gasteiger partial charge in [0.05, 0.1) is 24.5 Å². The molecule has 4 rings (SSSR count). The van der Waals surface area contributed by atoms with E-state index in [2.05, 4.69) is 27.7 Å². The van der Waals surface area contributed by atoms with Crippen LogP contribution in [0.3, 0.4) is 0 Å². The molecule has 174 valence electrons. The molecule has 30 heavy (non-hydrogen) atoms. The molecule has 4 unspecified atom stereocenters. The van der Waals surface area contributed by atoms with Gasteiger partial charge in [-0.05, 0) is 104 Å². The second kappa shape index (κ2) is 7.99. The highest BCUT2D eigenvalue weighted by molar-refractivity contribution is 5.15. The topological polar surface area (TPSA) is 60.7 Å². The Morgan fingerprint density at radius 2 is 1.67 bits per heavy atom. The number of aliphatic hydroxyl groups excluding tert-OH is 3. The Bertz CT molecular complexity index is 625. The molecule has 0 aromatic rings. The van der Waals surface area contributed by atoms with Crippen molar-refractivity contribution in [2.45, 2.75) is 110 Å². The SMILES string of the molecule is CC[C@H]1C(O)C2C3CC[C@H]([C@H](C)C[C@H](C)F)[C@@]3(C)[C@@H](O)CC2[C@@]2(C)CC[C@@H](O)C[C@@H]12. The van der Waals surface area contributed by atoms with Crippen molar-refractivity contribution < 1.29 is 19.7 Å². The van der Waals surface area contributed by atoms with Crippen molar-refractivity contribution in [3.63, 3.8) is 0 Å². The molecule has 0 spiro atoms. The molecule has 0 aromatic heterocycles. The van der Waals surface area contributed by atoms with Gasteiger partial charge in [-0.3, -0.25) is 0 Å². The Morgan fingerprint density at radius 3 is 2.30 bits per heavy atom. The maximum atomic E-state index is 13.8. The highest BCUT2D eigenvalue weighted by atomic mass is 19.1. The van der Waals surface area contributed by atoms with Crippen LogP contribution < -0.4 is 0 Å². The molecule has 0 aromatic carbocycles. The summed E-state index contributed by atoms with van der Waals surface area (Å²) in [4.78, 5) is 0. The third-order valence-corrected chi connectivity index (χ3v) is 11.0. The number of hydrogen-bond acceptors (Lipinski definition) is 3. The van der Waals surface area contributed by atoms with Gasteiger partial charge in [-0.1, -0.05) is 34.1 Å². The molecule has 4 fully saturated rings. The van der Waals surface area contributed by atoms with Gasteiger partial charge in [0.2, 0.25) is 0 Å². The van der Waals surface area contributed by atoms with Gasteiger partial charge in [-0.2, -0.15) is 0 Å². The summed E-state index contributed by atoms with van der Waals surface area (Å²) in [5, 5.41) is 33.7. The zero-order chi connectivity index (χ0) is 22.0. The van der Waals surface area contributed by atoms with Crippen molar-refractivity contribution in [3.05, 3.63) is 0 Å². The van der Waals surface area contributed by atoms with E-state index in [1.165, 1.54) is 0 Å². The van der Waals surface area contributed by atoms with Crippen LogP contribution in [0.2, 0.25) is 0 Å². The first kappa shape index (κ1) is 23.0. The minimum atomic E-state index is -0.811. The lowest BCUT2D eigenvalue weighted by atomic mass is 9.41. The summed E-state index contributed by atoms with van der Waals surface area (Å²) in [6, 6.07) is 0. The molecule has 0 radical (unpaired) electrons. The second-order valence-corrected chi connectivity index (χ2v) is 12.2. The van der Waals surface area contributed by atoms with Gasteiger partial charge in [0, 0.05) is 0 Å². The minimum absolute atomic E-state index is 0.0866. The van der Waals surface area contributed by atoms with Crippen LogP contribution >= 0.6 is 0 Å². The summed E-state index contributed by atoms with van der Waals surface area (Å²) in [5.74, 6) is 1.98. The number of aliphatic hydroxyl groups is 3. The second-order valence-electron chi connectivity index (χ2n) is 12.2. The third-order valence-electron chi connectivity index (χ3n) is 11.0. The molecule has 13 atom stereocenters. The van der Waals surface area contributed by atoms with Crippen LogP contribution in [0.25, 0.3) is 0 Å². The van der Waals surface area contributed by atoms with Crippen molar-refractivity contribution in [1.82, 2.24) is 0 Å². The van der Waals surface area contributed by atoms with E-state index in [0.29, 0.717) is 30.1 Å². The third kappa shape index (κ3) is 3.22. The van der Waals surface area contributed by atoms with Gasteiger partial charge >= 0.3 is 0 Å². The number of rotatable bonds is 4. The average molecular weight is 425 g/mol. The van der Waals surface area contributed by atoms with Crippen LogP contribution in [0.4, 0.5) is 4.39 Å². The summed E-state index contributed by atoms with van der Waals surface area (Å²) in [6.07, 6.45) is 5.18. The van der Waals surface area contributed by atoms with Crippen molar-refractivity contribution in [2.24, 2.45) is 52.3 Å². The normalized spacial score (nSPS) is 55.3. The van der Waals surface area contributed by atoms with Gasteiger partial charge in [-0.25, -0.2) is 4.39 Å². The van der Waals surface area contributed by atoms with E-state index in [-0.39, 0.29) is 46.9 Å². The first-order valence-corrected chi connectivity index (χ1v) is 12.7. The monoisotopic (exact) mass is 424 g/mol. The number of halogens is 1. The van der Waals surface area contributed by atoms with Crippen LogP contribution in [0, 0.1) is 52.3 Å². The summed E-state index contributed by atoms with van der Waals surface area (Å²) < 4.78 is 13.8. The zero-order valence-electron chi connectivity index (χ0n) is 19.7. The van der Waals surface area contributed by atoms with Crippen LogP contribution in [-0.4, -0.2) is 39.8 Å². The highest BCUT2D eigenvalue weighted by Crippen LogP contribution is 2.69. The lowest BCUT2D eigenvalue weighted by molar-refractivity contribution is -0.228. The first-order chi connectivity index (χ1) is 14.1. The van der Waals surface area contributed by atoms with Crippen LogP contribution in [0.1, 0.15) is 86.0 Å². The molecule has 0 heterocycles. The summed E-state index contributed by atoms with van der Waals surface area (Å²) in [6.45, 7) is 10.6. The summed E-state index contributed by atoms with van der Waals surface area (Å²) >= 11 is 0. The lowest BCUT2D eigenvalue weighted by Gasteiger charge is -2.65. The Hall–Kier alpha value is -0.190. The van der Waals surface area contributed by atoms with E-state index in [1.807, 2.05) is 0 Å². The minimum Gasteiger partial charge on any atom is -0.393 e. The molecule has 4 aliphatic rings. The van der Waals surface area contributed by atoms with Gasteiger partial charge in [-0.15, -0.1) is 0 Å². The van der Waals surface area contributed by atoms with Crippen LogP contribution in [0.15, 0.2) is 0 Å². The summed E-state index contributed by atoms with van der Waals surface area (Å²) in [5.41, 5.74) is -0.143. The van der Waals surface area contributed by atoms with E-state index in [9.17, 15) is 19.7 Å². The van der Waals surface area contributed by atoms with E-state index < -0.39 is 6.17 Å². The van der Waals surface area contributed by atoms with Gasteiger partial charge in [0.1, 0.15) is 0 Å². The van der Waals surface area contributed by atoms with Gasteiger partial charge < -0.3 is 15.3 Å². The Balaban J connectivity index is 1.70. The average Bonchev–Trinajstić information content (AvgIpc) is 3.02. The molecular formula is C26H45FO3. The van der Waals surface area contributed by atoms with Crippen molar-refractivity contribution in [1.29, 1.82) is 0 Å². The summed E-state index contributed by atoms with van der Waals surface area (Å²) in [7, 11) is 0. The number of fused-ring (bicyclic) bond motifs is 5. The van der Waals surface area contributed by atoms with Crippen molar-refractivity contribution >= 4 is 0 Å². The Morgan fingerprint density at radius 1 is 0.967 bits per heavy atom. The molecule has 4 aliphatic carbocycles. The fourth-order valence-electron chi connectivity index (χ4n) is 9.57. The lowest BCUT2D eigenvalue weighted by Crippen LogP contribution is -2.65. The standard InChI is InChI=1S/C26H45FO3/c1-6-17-20-12-16(28)9-10-25(20,4)21-13-22(29)26(5)18(14(2)11-15(3)27)7-8-19(26)23(21)24(17)30/h14-24,28-30H,6-13H2,1-5H3/t14-,15+,16-,17-,18-,19?,20+,21?,22+,23?,24?,25+,26-/m1/s1. The highest BCUT2D eigenvalue weighted by Gasteiger charge is 2.67.